The summed E-state index contributed by atoms with van der Waals surface area (Å²) in [6.45, 7) is 8.90. The molecule has 3 unspecified atom stereocenters. The lowest BCUT2D eigenvalue weighted by Gasteiger charge is -2.44. The second-order valence-electron chi connectivity index (χ2n) is 8.90. The van der Waals surface area contributed by atoms with Crippen LogP contribution in [0.2, 0.25) is 5.02 Å². The van der Waals surface area contributed by atoms with E-state index in [1.807, 2.05) is 49.9 Å². The highest BCUT2D eigenvalue weighted by atomic mass is 35.5. The van der Waals surface area contributed by atoms with Crippen LogP contribution in [0, 0.1) is 19.8 Å². The molecule has 1 N–H and O–H groups in total. The Kier molecular flexibility index (Phi) is 9.83. The maximum absolute atomic E-state index is 13.3. The molecule has 3 aromatic rings. The van der Waals surface area contributed by atoms with Crippen molar-refractivity contribution in [2.75, 3.05) is 6.61 Å². The smallest absolute Gasteiger partial charge is 0.300 e. The third-order valence-corrected chi connectivity index (χ3v) is 6.25. The number of benzene rings is 2. The quantitative estimate of drug-likeness (QED) is 0.418. The Labute approximate surface area is 222 Å². The average molecular weight is 528 g/mol. The van der Waals surface area contributed by atoms with E-state index in [1.165, 1.54) is 0 Å². The molecule has 0 radical (unpaired) electrons. The number of rotatable bonds is 5. The van der Waals surface area contributed by atoms with Gasteiger partial charge < -0.3 is 19.2 Å². The number of amides is 1. The monoisotopic (exact) mass is 527 g/mol. The SMILES string of the molecule is CC.CC(=O)O.Cc1ccc(C2C(c3cccc(Cl)c3)OCC(=O)N2C(c2nnc(C)o2)C2CC2)cc1. The second kappa shape index (κ2) is 12.8. The van der Waals surface area contributed by atoms with Gasteiger partial charge in [-0.05, 0) is 48.9 Å². The predicted octanol–water partition coefficient (Wildman–Crippen LogP) is 6.25. The van der Waals surface area contributed by atoms with Gasteiger partial charge in [-0.2, -0.15) is 0 Å². The van der Waals surface area contributed by atoms with Crippen LogP contribution in [0.15, 0.2) is 52.9 Å². The second-order valence-corrected chi connectivity index (χ2v) is 9.34. The van der Waals surface area contributed by atoms with Crippen molar-refractivity contribution in [2.45, 2.75) is 65.6 Å². The van der Waals surface area contributed by atoms with Gasteiger partial charge in [0.2, 0.25) is 17.7 Å². The van der Waals surface area contributed by atoms with Crippen molar-refractivity contribution in [2.24, 2.45) is 5.92 Å². The molecule has 2 fully saturated rings. The third-order valence-electron chi connectivity index (χ3n) is 6.02. The van der Waals surface area contributed by atoms with E-state index in [0.29, 0.717) is 22.7 Å². The Hall–Kier alpha value is -3.23. The van der Waals surface area contributed by atoms with Crippen LogP contribution in [-0.4, -0.2) is 38.7 Å². The third kappa shape index (κ3) is 7.17. The highest BCUT2D eigenvalue weighted by Gasteiger charge is 2.49. The van der Waals surface area contributed by atoms with Crippen LogP contribution < -0.4 is 0 Å². The summed E-state index contributed by atoms with van der Waals surface area (Å²) in [6, 6.07) is 15.3. The van der Waals surface area contributed by atoms with E-state index >= 15 is 0 Å². The fraction of sp³-hybridized carbons (Fsp3) is 0.429. The van der Waals surface area contributed by atoms with Gasteiger partial charge in [-0.15, -0.1) is 10.2 Å². The number of ether oxygens (including phenoxy) is 1. The van der Waals surface area contributed by atoms with E-state index in [9.17, 15) is 4.79 Å². The van der Waals surface area contributed by atoms with Crippen molar-refractivity contribution in [1.82, 2.24) is 15.1 Å². The lowest BCUT2D eigenvalue weighted by Crippen LogP contribution is -2.48. The predicted molar refractivity (Wildman–Crippen MR) is 140 cm³/mol. The molecule has 37 heavy (non-hydrogen) atoms. The molecular formula is C28H34ClN3O5. The fourth-order valence-electron chi connectivity index (χ4n) is 4.41. The van der Waals surface area contributed by atoms with Crippen LogP contribution in [0.5, 0.6) is 0 Å². The van der Waals surface area contributed by atoms with E-state index in [4.69, 9.17) is 30.7 Å². The number of aryl methyl sites for hydroxylation is 2. The van der Waals surface area contributed by atoms with Crippen LogP contribution in [0.1, 0.15) is 80.3 Å². The summed E-state index contributed by atoms with van der Waals surface area (Å²) in [5.41, 5.74) is 3.10. The van der Waals surface area contributed by atoms with Crippen LogP contribution in [0.3, 0.4) is 0 Å². The molecule has 5 rings (SSSR count). The number of nitrogens with zero attached hydrogens (tertiary/aromatic N) is 3. The van der Waals surface area contributed by atoms with Crippen molar-refractivity contribution in [3.05, 3.63) is 82.0 Å². The van der Waals surface area contributed by atoms with Crippen molar-refractivity contribution < 1.29 is 23.8 Å². The van der Waals surface area contributed by atoms with Crippen LogP contribution >= 0.6 is 11.6 Å². The topological polar surface area (TPSA) is 106 Å². The molecule has 9 heteroatoms. The summed E-state index contributed by atoms with van der Waals surface area (Å²) in [7, 11) is 0. The number of aliphatic carboxylic acids is 1. The van der Waals surface area contributed by atoms with Gasteiger partial charge in [0.15, 0.2) is 0 Å². The standard InChI is InChI=1S/C24H24ClN3O3.C2H4O2.C2H6/c1-14-6-8-16(9-7-14)21-23(18-4-3-5-19(25)12-18)30-13-20(29)28(21)22(17-10-11-17)24-27-26-15(2)31-24;1-2(3)4;1-2/h3-9,12,17,21-23H,10-11,13H2,1-2H3;1H3,(H,3,4);1-2H3. The number of halogens is 1. The number of carboxylic acid groups (broad SMARTS) is 1. The van der Waals surface area contributed by atoms with E-state index in [1.54, 1.807) is 6.92 Å². The maximum atomic E-state index is 13.3. The van der Waals surface area contributed by atoms with Gasteiger partial charge in [0.05, 0.1) is 6.04 Å². The average Bonchev–Trinajstić information content (AvgIpc) is 3.61. The van der Waals surface area contributed by atoms with Crippen molar-refractivity contribution >= 4 is 23.5 Å². The summed E-state index contributed by atoms with van der Waals surface area (Å²) >= 11 is 6.30. The number of aromatic nitrogens is 2. The molecule has 0 bridgehead atoms. The molecule has 2 aliphatic rings. The number of morpholine rings is 1. The van der Waals surface area contributed by atoms with Gasteiger partial charge in [0.1, 0.15) is 18.8 Å². The molecule has 198 valence electrons. The van der Waals surface area contributed by atoms with Crippen molar-refractivity contribution in [1.29, 1.82) is 0 Å². The number of hydrogen-bond donors (Lipinski definition) is 1. The Morgan fingerprint density at radius 1 is 1.08 bits per heavy atom. The van der Waals surface area contributed by atoms with Crippen LogP contribution in [-0.2, 0) is 14.3 Å². The zero-order chi connectivity index (χ0) is 27.1. The fourth-order valence-corrected chi connectivity index (χ4v) is 4.61. The number of carbonyl (C=O) groups excluding carboxylic acids is 1. The minimum absolute atomic E-state index is 0.00409. The molecule has 1 amide bonds. The molecule has 2 heterocycles. The van der Waals surface area contributed by atoms with E-state index < -0.39 is 5.97 Å². The largest absolute Gasteiger partial charge is 0.481 e. The normalized spacial score (nSPS) is 19.7. The Morgan fingerprint density at radius 2 is 1.73 bits per heavy atom. The summed E-state index contributed by atoms with van der Waals surface area (Å²) in [4.78, 5) is 24.2. The van der Waals surface area contributed by atoms with Gasteiger partial charge in [-0.25, -0.2) is 0 Å². The van der Waals surface area contributed by atoms with Gasteiger partial charge in [0, 0.05) is 18.9 Å². The summed E-state index contributed by atoms with van der Waals surface area (Å²) in [5, 5.41) is 16.4. The summed E-state index contributed by atoms with van der Waals surface area (Å²) in [6.07, 6.45) is 1.70. The lowest BCUT2D eigenvalue weighted by molar-refractivity contribution is -0.165. The molecular weight excluding hydrogens is 494 g/mol. The highest BCUT2D eigenvalue weighted by molar-refractivity contribution is 6.30. The molecule has 1 aliphatic carbocycles. The first-order valence-corrected chi connectivity index (χ1v) is 12.9. The lowest BCUT2D eigenvalue weighted by atomic mass is 9.90. The molecule has 2 aromatic carbocycles. The molecule has 8 nitrogen and oxygen atoms in total. The minimum atomic E-state index is -0.833. The van der Waals surface area contributed by atoms with E-state index in [-0.39, 0.29) is 30.7 Å². The first-order valence-electron chi connectivity index (χ1n) is 12.5. The van der Waals surface area contributed by atoms with Gasteiger partial charge in [-0.1, -0.05) is 67.4 Å². The van der Waals surface area contributed by atoms with E-state index in [2.05, 4.69) is 34.5 Å². The summed E-state index contributed by atoms with van der Waals surface area (Å²) < 4.78 is 12.0. The van der Waals surface area contributed by atoms with Crippen LogP contribution in [0.25, 0.3) is 0 Å². The van der Waals surface area contributed by atoms with Gasteiger partial charge in [0.25, 0.3) is 5.97 Å². The molecule has 3 atom stereocenters. The van der Waals surface area contributed by atoms with Crippen LogP contribution in [0.4, 0.5) is 0 Å². The first kappa shape index (κ1) is 28.3. The minimum Gasteiger partial charge on any atom is -0.481 e. The molecule has 1 aromatic heterocycles. The summed E-state index contributed by atoms with van der Waals surface area (Å²) in [5.74, 6) is 0.392. The Balaban J connectivity index is 0.000000580. The number of hydrogen-bond acceptors (Lipinski definition) is 6. The number of carboxylic acids is 1. The van der Waals surface area contributed by atoms with Gasteiger partial charge >= 0.3 is 0 Å². The molecule has 1 aliphatic heterocycles. The van der Waals surface area contributed by atoms with E-state index in [0.717, 1.165) is 36.5 Å². The molecule has 0 spiro atoms. The Morgan fingerprint density at radius 3 is 2.27 bits per heavy atom. The van der Waals surface area contributed by atoms with Crippen molar-refractivity contribution in [3.8, 4) is 0 Å². The molecule has 1 saturated carbocycles. The number of carbonyl (C=O) groups is 2. The highest BCUT2D eigenvalue weighted by Crippen LogP contribution is 2.51. The Bertz CT molecular complexity index is 1190. The molecule has 1 saturated heterocycles. The zero-order valence-corrected chi connectivity index (χ0v) is 22.6. The maximum Gasteiger partial charge on any atom is 0.300 e. The first-order chi connectivity index (χ1) is 17.7. The zero-order valence-electron chi connectivity index (χ0n) is 21.8. The van der Waals surface area contributed by atoms with Crippen molar-refractivity contribution in [3.63, 3.8) is 0 Å². The van der Waals surface area contributed by atoms with Gasteiger partial charge in [-0.3, -0.25) is 9.59 Å².